The van der Waals surface area contributed by atoms with Crippen molar-refractivity contribution in [3.8, 4) is 0 Å². The molecule has 0 saturated carbocycles. The van der Waals surface area contributed by atoms with Crippen LogP contribution < -0.4 is 5.73 Å². The largest absolute Gasteiger partial charge is 0.458 e. The molecule has 0 fully saturated rings. The van der Waals surface area contributed by atoms with Crippen LogP contribution in [0.15, 0.2) is 28.7 Å². The average molecular weight is 193 g/mol. The van der Waals surface area contributed by atoms with E-state index in [2.05, 4.69) is 0 Å². The standard InChI is InChI=1S/C11H12FNO/c1-7-3-2-4-8-5-10(9(12)6-13)14-11(7)8/h2-5,9H,6,13H2,1H3. The van der Waals surface area contributed by atoms with Gasteiger partial charge < -0.3 is 10.2 Å². The first-order valence-electron chi connectivity index (χ1n) is 4.55. The Labute approximate surface area is 81.5 Å². The Morgan fingerprint density at radius 2 is 2.29 bits per heavy atom. The highest BCUT2D eigenvalue weighted by atomic mass is 19.1. The molecule has 0 aliphatic heterocycles. The predicted molar refractivity (Wildman–Crippen MR) is 53.9 cm³/mol. The number of furan rings is 1. The molecule has 2 nitrogen and oxygen atoms in total. The molecule has 0 aliphatic carbocycles. The van der Waals surface area contributed by atoms with Crippen LogP contribution >= 0.6 is 0 Å². The Kier molecular flexibility index (Phi) is 2.25. The van der Waals surface area contributed by atoms with E-state index in [1.807, 2.05) is 25.1 Å². The number of hydrogen-bond acceptors (Lipinski definition) is 2. The molecule has 1 aromatic heterocycles. The molecule has 14 heavy (non-hydrogen) atoms. The van der Waals surface area contributed by atoms with Crippen molar-refractivity contribution in [2.75, 3.05) is 6.54 Å². The molecule has 2 aromatic rings. The van der Waals surface area contributed by atoms with Crippen LogP contribution in [0.25, 0.3) is 11.0 Å². The first-order chi connectivity index (χ1) is 6.72. The molecule has 2 rings (SSSR count). The van der Waals surface area contributed by atoms with Crippen molar-refractivity contribution in [2.45, 2.75) is 13.1 Å². The highest BCUT2D eigenvalue weighted by Crippen LogP contribution is 2.27. The highest BCUT2D eigenvalue weighted by Gasteiger charge is 2.13. The fraction of sp³-hybridized carbons (Fsp3) is 0.273. The summed E-state index contributed by atoms with van der Waals surface area (Å²) < 4.78 is 18.6. The zero-order valence-electron chi connectivity index (χ0n) is 7.96. The van der Waals surface area contributed by atoms with Gasteiger partial charge in [-0.15, -0.1) is 0 Å². The van der Waals surface area contributed by atoms with Crippen LogP contribution in [0, 0.1) is 6.92 Å². The second-order valence-electron chi connectivity index (χ2n) is 3.35. The van der Waals surface area contributed by atoms with Crippen molar-refractivity contribution in [1.82, 2.24) is 0 Å². The van der Waals surface area contributed by atoms with E-state index >= 15 is 0 Å². The summed E-state index contributed by atoms with van der Waals surface area (Å²) in [5.74, 6) is 0.316. The number of fused-ring (bicyclic) bond motifs is 1. The van der Waals surface area contributed by atoms with Crippen molar-refractivity contribution in [3.63, 3.8) is 0 Å². The van der Waals surface area contributed by atoms with Crippen LogP contribution in [0.1, 0.15) is 17.5 Å². The van der Waals surface area contributed by atoms with Crippen LogP contribution in [0.3, 0.4) is 0 Å². The van der Waals surface area contributed by atoms with Crippen molar-refractivity contribution in [3.05, 3.63) is 35.6 Å². The Hall–Kier alpha value is -1.35. The molecule has 0 amide bonds. The molecule has 0 saturated heterocycles. The van der Waals surface area contributed by atoms with Gasteiger partial charge in [0.25, 0.3) is 0 Å². The van der Waals surface area contributed by atoms with Gasteiger partial charge >= 0.3 is 0 Å². The number of para-hydroxylation sites is 1. The SMILES string of the molecule is Cc1cccc2cc(C(F)CN)oc12. The van der Waals surface area contributed by atoms with Crippen molar-refractivity contribution in [1.29, 1.82) is 0 Å². The normalized spacial score (nSPS) is 13.4. The smallest absolute Gasteiger partial charge is 0.170 e. The molecule has 74 valence electrons. The van der Waals surface area contributed by atoms with Gasteiger partial charge in [-0.2, -0.15) is 0 Å². The first kappa shape index (κ1) is 9.21. The van der Waals surface area contributed by atoms with E-state index in [1.54, 1.807) is 6.07 Å². The number of nitrogens with two attached hydrogens (primary N) is 1. The second kappa shape index (κ2) is 3.42. The Morgan fingerprint density at radius 1 is 1.50 bits per heavy atom. The van der Waals surface area contributed by atoms with E-state index in [4.69, 9.17) is 10.2 Å². The van der Waals surface area contributed by atoms with E-state index in [9.17, 15) is 4.39 Å². The number of hydrogen-bond donors (Lipinski definition) is 1. The number of halogens is 1. The summed E-state index contributed by atoms with van der Waals surface area (Å²) in [7, 11) is 0. The summed E-state index contributed by atoms with van der Waals surface area (Å²) >= 11 is 0. The minimum Gasteiger partial charge on any atom is -0.458 e. The van der Waals surface area contributed by atoms with E-state index in [1.165, 1.54) is 0 Å². The minimum atomic E-state index is -1.21. The van der Waals surface area contributed by atoms with E-state index in [0.717, 1.165) is 16.5 Å². The van der Waals surface area contributed by atoms with Crippen LogP contribution in [0.4, 0.5) is 4.39 Å². The molecular weight excluding hydrogens is 181 g/mol. The number of aryl methyl sites for hydroxylation is 1. The van der Waals surface area contributed by atoms with Gasteiger partial charge in [0.15, 0.2) is 6.17 Å². The molecule has 2 N–H and O–H groups in total. The van der Waals surface area contributed by atoms with E-state index < -0.39 is 6.17 Å². The molecule has 1 heterocycles. The second-order valence-corrected chi connectivity index (χ2v) is 3.35. The zero-order chi connectivity index (χ0) is 10.1. The Balaban J connectivity index is 2.56. The molecule has 0 radical (unpaired) electrons. The third-order valence-corrected chi connectivity index (χ3v) is 2.28. The van der Waals surface area contributed by atoms with Gasteiger partial charge in [0.1, 0.15) is 11.3 Å². The maximum atomic E-state index is 13.2. The van der Waals surface area contributed by atoms with Gasteiger partial charge in [0.2, 0.25) is 0 Å². The lowest BCUT2D eigenvalue weighted by molar-refractivity contribution is 0.301. The number of alkyl halides is 1. The molecule has 1 aromatic carbocycles. The van der Waals surface area contributed by atoms with Crippen LogP contribution in [0.5, 0.6) is 0 Å². The monoisotopic (exact) mass is 193 g/mol. The maximum absolute atomic E-state index is 13.2. The number of benzene rings is 1. The average Bonchev–Trinajstić information content (AvgIpc) is 2.62. The van der Waals surface area contributed by atoms with Crippen LogP contribution in [-0.2, 0) is 0 Å². The lowest BCUT2D eigenvalue weighted by atomic mass is 10.2. The summed E-state index contributed by atoms with van der Waals surface area (Å²) in [6.45, 7) is 1.89. The maximum Gasteiger partial charge on any atom is 0.170 e. The van der Waals surface area contributed by atoms with Crippen LogP contribution in [-0.4, -0.2) is 6.54 Å². The minimum absolute atomic E-state index is 0.0428. The lowest BCUT2D eigenvalue weighted by Gasteiger charge is -1.98. The number of rotatable bonds is 2. The molecule has 1 atom stereocenters. The van der Waals surface area contributed by atoms with Crippen molar-refractivity contribution in [2.24, 2.45) is 5.73 Å². The fourth-order valence-electron chi connectivity index (χ4n) is 1.50. The third kappa shape index (κ3) is 1.40. The van der Waals surface area contributed by atoms with Gasteiger partial charge in [0, 0.05) is 11.9 Å². The van der Waals surface area contributed by atoms with Gasteiger partial charge in [0.05, 0.1) is 0 Å². The van der Waals surface area contributed by atoms with Crippen LogP contribution in [0.2, 0.25) is 0 Å². The van der Waals surface area contributed by atoms with E-state index in [0.29, 0.717) is 5.76 Å². The summed E-state index contributed by atoms with van der Waals surface area (Å²) in [6, 6.07) is 7.47. The predicted octanol–water partition coefficient (Wildman–Crippen LogP) is 2.71. The molecule has 1 unspecified atom stereocenters. The molecule has 0 bridgehead atoms. The summed E-state index contributed by atoms with van der Waals surface area (Å²) in [4.78, 5) is 0. The summed E-state index contributed by atoms with van der Waals surface area (Å²) in [6.07, 6.45) is -1.21. The van der Waals surface area contributed by atoms with E-state index in [-0.39, 0.29) is 6.54 Å². The highest BCUT2D eigenvalue weighted by molar-refractivity contribution is 5.80. The van der Waals surface area contributed by atoms with Gasteiger partial charge in [-0.25, -0.2) is 4.39 Å². The molecule has 3 heteroatoms. The van der Waals surface area contributed by atoms with Crippen molar-refractivity contribution < 1.29 is 8.81 Å². The quantitative estimate of drug-likeness (QED) is 0.796. The first-order valence-corrected chi connectivity index (χ1v) is 4.55. The van der Waals surface area contributed by atoms with Gasteiger partial charge in [-0.05, 0) is 18.6 Å². The molecule has 0 spiro atoms. The lowest BCUT2D eigenvalue weighted by Crippen LogP contribution is -2.06. The van der Waals surface area contributed by atoms with Gasteiger partial charge in [-0.3, -0.25) is 0 Å². The van der Waals surface area contributed by atoms with Gasteiger partial charge in [-0.1, -0.05) is 18.2 Å². The molecular formula is C11H12FNO. The fourth-order valence-corrected chi connectivity index (χ4v) is 1.50. The topological polar surface area (TPSA) is 39.2 Å². The summed E-state index contributed by atoms with van der Waals surface area (Å²) in [5, 5.41) is 0.927. The third-order valence-electron chi connectivity index (χ3n) is 2.28. The molecule has 0 aliphatic rings. The summed E-state index contributed by atoms with van der Waals surface area (Å²) in [5.41, 5.74) is 6.99. The zero-order valence-corrected chi connectivity index (χ0v) is 7.96. The van der Waals surface area contributed by atoms with Crippen molar-refractivity contribution >= 4 is 11.0 Å². The Morgan fingerprint density at radius 3 is 2.93 bits per heavy atom. The Bertz CT molecular complexity index is 449.